The van der Waals surface area contributed by atoms with E-state index in [1.54, 1.807) is 0 Å². The maximum atomic E-state index is 10.4. The molecule has 18 heavy (non-hydrogen) atoms. The molecule has 0 spiro atoms. The molecule has 0 aliphatic carbocycles. The zero-order valence-electron chi connectivity index (χ0n) is 10.9. The summed E-state index contributed by atoms with van der Waals surface area (Å²) in [6, 6.07) is 4.19. The van der Waals surface area contributed by atoms with Gasteiger partial charge in [0.05, 0.1) is 0 Å². The summed E-state index contributed by atoms with van der Waals surface area (Å²) >= 11 is 3.48. The van der Waals surface area contributed by atoms with Gasteiger partial charge in [0.2, 0.25) is 0 Å². The third kappa shape index (κ3) is 5.08. The third-order valence-corrected chi connectivity index (χ3v) is 3.32. The maximum Gasteiger partial charge on any atom is 0.303 e. The Morgan fingerprint density at radius 2 is 1.83 bits per heavy atom. The number of hydrogen-bond acceptors (Lipinski definition) is 2. The SMILES string of the molecule is Cc1cc(Br)cc(C)c1NCCCCCC(=O)O. The van der Waals surface area contributed by atoms with Crippen LogP contribution in [0.3, 0.4) is 0 Å². The summed E-state index contributed by atoms with van der Waals surface area (Å²) in [5.41, 5.74) is 3.65. The topological polar surface area (TPSA) is 49.3 Å². The largest absolute Gasteiger partial charge is 0.481 e. The number of aliphatic carboxylic acids is 1. The molecule has 1 aromatic carbocycles. The molecule has 2 N–H and O–H groups in total. The lowest BCUT2D eigenvalue weighted by molar-refractivity contribution is -0.137. The number of carbonyl (C=O) groups is 1. The van der Waals surface area contributed by atoms with Crippen LogP contribution in [-0.4, -0.2) is 17.6 Å². The molecule has 0 radical (unpaired) electrons. The molecule has 0 heterocycles. The number of benzene rings is 1. The summed E-state index contributed by atoms with van der Waals surface area (Å²) in [4.78, 5) is 10.4. The van der Waals surface area contributed by atoms with E-state index in [0.29, 0.717) is 0 Å². The maximum absolute atomic E-state index is 10.4. The van der Waals surface area contributed by atoms with E-state index in [9.17, 15) is 4.79 Å². The normalized spacial score (nSPS) is 10.4. The summed E-state index contributed by atoms with van der Waals surface area (Å²) in [5.74, 6) is -0.706. The zero-order chi connectivity index (χ0) is 13.5. The molecule has 1 rings (SSSR count). The van der Waals surface area contributed by atoms with E-state index in [1.165, 1.54) is 16.8 Å². The summed E-state index contributed by atoms with van der Waals surface area (Å²) in [5, 5.41) is 12.0. The number of anilines is 1. The van der Waals surface area contributed by atoms with Gasteiger partial charge in [-0.05, 0) is 49.9 Å². The van der Waals surface area contributed by atoms with E-state index in [0.717, 1.165) is 30.3 Å². The first-order valence-corrected chi connectivity index (χ1v) is 7.02. The van der Waals surface area contributed by atoms with Gasteiger partial charge in [-0.2, -0.15) is 0 Å². The number of halogens is 1. The standard InChI is InChI=1S/C14H20BrNO2/c1-10-8-12(15)9-11(2)14(10)16-7-5-3-4-6-13(17)18/h8-9,16H,3-7H2,1-2H3,(H,17,18). The Kier molecular flexibility index (Phi) is 6.19. The molecule has 4 heteroatoms. The third-order valence-electron chi connectivity index (χ3n) is 2.87. The lowest BCUT2D eigenvalue weighted by Gasteiger charge is -2.13. The average Bonchev–Trinajstić information content (AvgIpc) is 2.25. The van der Waals surface area contributed by atoms with Crippen LogP contribution in [0.15, 0.2) is 16.6 Å². The van der Waals surface area contributed by atoms with Crippen LogP contribution in [0.5, 0.6) is 0 Å². The molecule has 0 saturated carbocycles. The molecule has 0 amide bonds. The lowest BCUT2D eigenvalue weighted by Crippen LogP contribution is -2.05. The Morgan fingerprint density at radius 3 is 2.39 bits per heavy atom. The number of rotatable bonds is 7. The Balaban J connectivity index is 2.33. The monoisotopic (exact) mass is 313 g/mol. The van der Waals surface area contributed by atoms with Gasteiger partial charge in [0.25, 0.3) is 0 Å². The van der Waals surface area contributed by atoms with Crippen LogP contribution in [0.25, 0.3) is 0 Å². The highest BCUT2D eigenvalue weighted by Gasteiger charge is 2.03. The predicted molar refractivity (Wildman–Crippen MR) is 78.2 cm³/mol. The second kappa shape index (κ2) is 7.41. The van der Waals surface area contributed by atoms with Gasteiger partial charge in [-0.1, -0.05) is 22.4 Å². The van der Waals surface area contributed by atoms with Crippen LogP contribution in [0, 0.1) is 13.8 Å². The van der Waals surface area contributed by atoms with Crippen molar-refractivity contribution in [2.45, 2.75) is 39.5 Å². The number of unbranched alkanes of at least 4 members (excludes halogenated alkanes) is 2. The Bertz CT molecular complexity index is 395. The fourth-order valence-corrected chi connectivity index (χ4v) is 2.67. The fraction of sp³-hybridized carbons (Fsp3) is 0.500. The van der Waals surface area contributed by atoms with Crippen molar-refractivity contribution in [2.24, 2.45) is 0 Å². The zero-order valence-corrected chi connectivity index (χ0v) is 12.5. The van der Waals surface area contributed by atoms with Gasteiger partial charge in [-0.3, -0.25) is 4.79 Å². The van der Waals surface area contributed by atoms with Gasteiger partial charge in [-0.25, -0.2) is 0 Å². The first-order valence-electron chi connectivity index (χ1n) is 6.23. The molecule has 0 aliphatic rings. The predicted octanol–water partition coefficient (Wildman–Crippen LogP) is 4.12. The Hall–Kier alpha value is -1.03. The summed E-state index contributed by atoms with van der Waals surface area (Å²) in [6.07, 6.45) is 2.99. The molecule has 0 unspecified atom stereocenters. The second-order valence-corrected chi connectivity index (χ2v) is 5.46. The van der Waals surface area contributed by atoms with Crippen molar-refractivity contribution < 1.29 is 9.90 Å². The van der Waals surface area contributed by atoms with Gasteiger partial charge < -0.3 is 10.4 Å². The van der Waals surface area contributed by atoms with Crippen molar-refractivity contribution in [3.05, 3.63) is 27.7 Å². The first-order chi connectivity index (χ1) is 8.50. The molecule has 0 bridgehead atoms. The van der Waals surface area contributed by atoms with Crippen LogP contribution < -0.4 is 5.32 Å². The van der Waals surface area contributed by atoms with Gasteiger partial charge in [0.1, 0.15) is 0 Å². The van der Waals surface area contributed by atoms with Gasteiger partial charge in [0.15, 0.2) is 0 Å². The number of nitrogens with one attached hydrogen (secondary N) is 1. The molecule has 0 aliphatic heterocycles. The molecule has 0 atom stereocenters. The smallest absolute Gasteiger partial charge is 0.303 e. The van der Waals surface area contributed by atoms with Crippen LogP contribution in [0.1, 0.15) is 36.8 Å². The molecule has 1 aromatic rings. The highest BCUT2D eigenvalue weighted by molar-refractivity contribution is 9.10. The number of hydrogen-bond donors (Lipinski definition) is 2. The van der Waals surface area contributed by atoms with Crippen LogP contribution >= 0.6 is 15.9 Å². The summed E-state index contributed by atoms with van der Waals surface area (Å²) < 4.78 is 1.10. The number of carboxylic acids is 1. The van der Waals surface area contributed by atoms with Crippen LogP contribution in [-0.2, 0) is 4.79 Å². The highest BCUT2D eigenvalue weighted by atomic mass is 79.9. The van der Waals surface area contributed by atoms with E-state index in [-0.39, 0.29) is 6.42 Å². The van der Waals surface area contributed by atoms with Crippen molar-refractivity contribution in [3.8, 4) is 0 Å². The molecular formula is C14H20BrNO2. The van der Waals surface area contributed by atoms with E-state index in [1.807, 2.05) is 0 Å². The average molecular weight is 314 g/mol. The summed E-state index contributed by atoms with van der Waals surface area (Å²) in [7, 11) is 0. The van der Waals surface area contributed by atoms with Crippen molar-refractivity contribution >= 4 is 27.6 Å². The molecule has 100 valence electrons. The fourth-order valence-electron chi connectivity index (χ4n) is 1.98. The van der Waals surface area contributed by atoms with Gasteiger partial charge in [0, 0.05) is 23.1 Å². The molecular weight excluding hydrogens is 294 g/mol. The Labute approximate surface area is 117 Å². The minimum atomic E-state index is -0.706. The minimum Gasteiger partial charge on any atom is -0.481 e. The summed E-state index contributed by atoms with van der Waals surface area (Å²) in [6.45, 7) is 5.07. The van der Waals surface area contributed by atoms with E-state index in [2.05, 4.69) is 47.2 Å². The van der Waals surface area contributed by atoms with Crippen molar-refractivity contribution in [2.75, 3.05) is 11.9 Å². The van der Waals surface area contributed by atoms with E-state index >= 15 is 0 Å². The van der Waals surface area contributed by atoms with Crippen LogP contribution in [0.4, 0.5) is 5.69 Å². The second-order valence-electron chi connectivity index (χ2n) is 4.55. The lowest BCUT2D eigenvalue weighted by atomic mass is 10.1. The van der Waals surface area contributed by atoms with Gasteiger partial charge in [-0.15, -0.1) is 0 Å². The molecule has 0 aromatic heterocycles. The van der Waals surface area contributed by atoms with Crippen molar-refractivity contribution in [1.29, 1.82) is 0 Å². The minimum absolute atomic E-state index is 0.274. The van der Waals surface area contributed by atoms with E-state index < -0.39 is 5.97 Å². The van der Waals surface area contributed by atoms with E-state index in [4.69, 9.17) is 5.11 Å². The van der Waals surface area contributed by atoms with Gasteiger partial charge >= 0.3 is 5.97 Å². The highest BCUT2D eigenvalue weighted by Crippen LogP contribution is 2.25. The number of aryl methyl sites for hydroxylation is 2. The molecule has 0 fully saturated rings. The van der Waals surface area contributed by atoms with Crippen molar-refractivity contribution in [3.63, 3.8) is 0 Å². The first kappa shape index (κ1) is 15.0. The number of carboxylic acid groups (broad SMARTS) is 1. The van der Waals surface area contributed by atoms with Crippen molar-refractivity contribution in [1.82, 2.24) is 0 Å². The quantitative estimate of drug-likeness (QED) is 0.744. The molecule has 3 nitrogen and oxygen atoms in total. The molecule has 0 saturated heterocycles. The Morgan fingerprint density at radius 1 is 1.22 bits per heavy atom. The van der Waals surface area contributed by atoms with Crippen LogP contribution in [0.2, 0.25) is 0 Å².